The van der Waals surface area contributed by atoms with E-state index in [-0.39, 0.29) is 11.6 Å². The third kappa shape index (κ3) is 3.21. The maximum absolute atomic E-state index is 13.0. The topological polar surface area (TPSA) is 17.1 Å². The van der Waals surface area contributed by atoms with Gasteiger partial charge in [-0.15, -0.1) is 6.42 Å². The third-order valence-electron chi connectivity index (χ3n) is 2.95. The lowest BCUT2D eigenvalue weighted by atomic mass is 9.90. The zero-order valence-corrected chi connectivity index (χ0v) is 10.8. The molecule has 0 N–H and O–H groups in total. The molecular formula is C18H13FO. The number of hydrogen-bond acceptors (Lipinski definition) is 1. The van der Waals surface area contributed by atoms with E-state index >= 15 is 0 Å². The molecule has 0 aromatic heterocycles. The van der Waals surface area contributed by atoms with E-state index in [1.165, 1.54) is 18.2 Å². The van der Waals surface area contributed by atoms with Crippen LogP contribution in [0.25, 0.3) is 0 Å². The molecule has 2 rings (SSSR count). The van der Waals surface area contributed by atoms with Gasteiger partial charge < -0.3 is 0 Å². The second kappa shape index (κ2) is 6.49. The van der Waals surface area contributed by atoms with Crippen LogP contribution in [0.1, 0.15) is 21.8 Å². The van der Waals surface area contributed by atoms with Crippen molar-refractivity contribution >= 4 is 5.78 Å². The first kappa shape index (κ1) is 13.8. The Hall–Kier alpha value is -2.66. The predicted molar refractivity (Wildman–Crippen MR) is 77.9 cm³/mol. The monoisotopic (exact) mass is 264 g/mol. The molecule has 0 heterocycles. The molecule has 0 fully saturated rings. The van der Waals surface area contributed by atoms with Crippen molar-refractivity contribution in [2.75, 3.05) is 0 Å². The Morgan fingerprint density at radius 2 is 1.75 bits per heavy atom. The summed E-state index contributed by atoms with van der Waals surface area (Å²) in [6.45, 7) is 0. The molecular weight excluding hydrogens is 251 g/mol. The lowest BCUT2D eigenvalue weighted by molar-refractivity contribution is 0.0976. The number of ketones is 1. The van der Waals surface area contributed by atoms with Crippen molar-refractivity contribution in [1.82, 2.24) is 0 Å². The normalized spacial score (nSPS) is 12.0. The van der Waals surface area contributed by atoms with Crippen LogP contribution < -0.4 is 0 Å². The molecule has 0 amide bonds. The van der Waals surface area contributed by atoms with Crippen LogP contribution in [0.4, 0.5) is 4.39 Å². The molecule has 2 aromatic carbocycles. The zero-order chi connectivity index (χ0) is 14.4. The van der Waals surface area contributed by atoms with Crippen molar-refractivity contribution in [3.63, 3.8) is 0 Å². The number of allylic oxidation sites excluding steroid dienone is 2. The van der Waals surface area contributed by atoms with Gasteiger partial charge in [0.1, 0.15) is 5.82 Å². The maximum atomic E-state index is 13.0. The molecule has 2 aromatic rings. The van der Waals surface area contributed by atoms with Gasteiger partial charge in [-0.05, 0) is 23.8 Å². The number of Topliss-reactive ketones (excluding diaryl/α,β-unsaturated/α-hetero) is 1. The van der Waals surface area contributed by atoms with Gasteiger partial charge in [-0.2, -0.15) is 0 Å². The molecule has 1 atom stereocenters. The van der Waals surface area contributed by atoms with E-state index in [1.54, 1.807) is 42.5 Å². The zero-order valence-electron chi connectivity index (χ0n) is 10.8. The molecule has 0 saturated carbocycles. The molecule has 0 radical (unpaired) electrons. The first-order chi connectivity index (χ1) is 9.72. The summed E-state index contributed by atoms with van der Waals surface area (Å²) in [6, 6.07) is 14.8. The van der Waals surface area contributed by atoms with Crippen LogP contribution in [0.3, 0.4) is 0 Å². The Balaban J connectivity index is 2.38. The molecule has 0 aliphatic carbocycles. The fourth-order valence-electron chi connectivity index (χ4n) is 1.95. The third-order valence-corrected chi connectivity index (χ3v) is 2.95. The number of halogens is 1. The summed E-state index contributed by atoms with van der Waals surface area (Å²) in [7, 11) is 0. The molecule has 2 heteroatoms. The quantitative estimate of drug-likeness (QED) is 0.603. The van der Waals surface area contributed by atoms with Gasteiger partial charge in [0.25, 0.3) is 0 Å². The van der Waals surface area contributed by atoms with Crippen molar-refractivity contribution in [1.29, 1.82) is 0 Å². The van der Waals surface area contributed by atoms with E-state index in [2.05, 4.69) is 5.92 Å². The van der Waals surface area contributed by atoms with E-state index in [4.69, 9.17) is 6.42 Å². The summed E-state index contributed by atoms with van der Waals surface area (Å²) in [4.78, 5) is 12.5. The highest BCUT2D eigenvalue weighted by molar-refractivity contribution is 6.02. The Bertz CT molecular complexity index is 648. The van der Waals surface area contributed by atoms with Crippen LogP contribution in [0.15, 0.2) is 66.7 Å². The Morgan fingerprint density at radius 1 is 1.10 bits per heavy atom. The van der Waals surface area contributed by atoms with Crippen LogP contribution in [-0.2, 0) is 0 Å². The highest BCUT2D eigenvalue weighted by atomic mass is 19.1. The second-order valence-corrected chi connectivity index (χ2v) is 4.29. The SMILES string of the molecule is C#CC=CC(C(=O)c1ccccc1)c1ccc(F)cc1. The second-order valence-electron chi connectivity index (χ2n) is 4.29. The number of carbonyl (C=O) groups is 1. The number of rotatable bonds is 4. The van der Waals surface area contributed by atoms with Gasteiger partial charge >= 0.3 is 0 Å². The molecule has 98 valence electrons. The molecule has 0 bridgehead atoms. The van der Waals surface area contributed by atoms with Crippen LogP contribution in [0, 0.1) is 18.2 Å². The summed E-state index contributed by atoms with van der Waals surface area (Å²) < 4.78 is 13.0. The summed E-state index contributed by atoms with van der Waals surface area (Å²) in [5, 5.41) is 0. The lowest BCUT2D eigenvalue weighted by Gasteiger charge is -2.12. The Morgan fingerprint density at radius 3 is 2.35 bits per heavy atom. The van der Waals surface area contributed by atoms with Gasteiger partial charge in [-0.3, -0.25) is 4.79 Å². The number of terminal acetylenes is 1. The van der Waals surface area contributed by atoms with Gasteiger partial charge in [0, 0.05) is 5.56 Å². The summed E-state index contributed by atoms with van der Waals surface area (Å²) in [6.07, 6.45) is 8.36. The van der Waals surface area contributed by atoms with E-state index in [1.807, 2.05) is 6.07 Å². The Labute approximate surface area is 117 Å². The van der Waals surface area contributed by atoms with Crippen LogP contribution in [0.5, 0.6) is 0 Å². The smallest absolute Gasteiger partial charge is 0.174 e. The minimum atomic E-state index is -0.506. The average molecular weight is 264 g/mol. The number of carbonyl (C=O) groups excluding carboxylic acids is 1. The fourth-order valence-corrected chi connectivity index (χ4v) is 1.95. The lowest BCUT2D eigenvalue weighted by Crippen LogP contribution is -2.10. The first-order valence-electron chi connectivity index (χ1n) is 6.20. The highest BCUT2D eigenvalue weighted by Gasteiger charge is 2.19. The maximum Gasteiger partial charge on any atom is 0.174 e. The van der Waals surface area contributed by atoms with Gasteiger partial charge in [-0.1, -0.05) is 54.5 Å². The van der Waals surface area contributed by atoms with Crippen LogP contribution in [-0.4, -0.2) is 5.78 Å². The molecule has 0 spiro atoms. The molecule has 0 aliphatic heterocycles. The summed E-state index contributed by atoms with van der Waals surface area (Å²) in [5.41, 5.74) is 1.32. The van der Waals surface area contributed by atoms with E-state index < -0.39 is 5.92 Å². The van der Waals surface area contributed by atoms with Crippen LogP contribution in [0.2, 0.25) is 0 Å². The number of hydrogen-bond donors (Lipinski definition) is 0. The van der Waals surface area contributed by atoms with Gasteiger partial charge in [-0.25, -0.2) is 4.39 Å². The molecule has 20 heavy (non-hydrogen) atoms. The fraction of sp³-hybridized carbons (Fsp3) is 0.0556. The first-order valence-corrected chi connectivity index (χ1v) is 6.20. The minimum Gasteiger partial charge on any atom is -0.293 e. The standard InChI is InChI=1S/C18H13FO/c1-2-3-9-17(14-10-12-16(19)13-11-14)18(20)15-7-5-4-6-8-15/h1,3-13,17H. The largest absolute Gasteiger partial charge is 0.293 e. The van der Waals surface area contributed by atoms with Crippen LogP contribution >= 0.6 is 0 Å². The molecule has 1 unspecified atom stereocenters. The Kier molecular flexibility index (Phi) is 4.47. The summed E-state index contributed by atoms with van der Waals surface area (Å²) >= 11 is 0. The number of benzene rings is 2. The molecule has 1 nitrogen and oxygen atoms in total. The molecule has 0 aliphatic rings. The highest BCUT2D eigenvalue weighted by Crippen LogP contribution is 2.23. The van der Waals surface area contributed by atoms with Crippen molar-refractivity contribution < 1.29 is 9.18 Å². The van der Waals surface area contributed by atoms with Crippen molar-refractivity contribution in [3.05, 3.63) is 83.7 Å². The van der Waals surface area contributed by atoms with E-state index in [0.29, 0.717) is 11.1 Å². The van der Waals surface area contributed by atoms with Crippen molar-refractivity contribution in [2.24, 2.45) is 0 Å². The van der Waals surface area contributed by atoms with Gasteiger partial charge in [0.05, 0.1) is 5.92 Å². The van der Waals surface area contributed by atoms with E-state index in [9.17, 15) is 9.18 Å². The van der Waals surface area contributed by atoms with Crippen molar-refractivity contribution in [2.45, 2.75) is 5.92 Å². The molecule has 0 saturated heterocycles. The van der Waals surface area contributed by atoms with E-state index in [0.717, 1.165) is 0 Å². The average Bonchev–Trinajstić information content (AvgIpc) is 2.50. The van der Waals surface area contributed by atoms with Gasteiger partial charge in [0.2, 0.25) is 0 Å². The minimum absolute atomic E-state index is 0.0660. The predicted octanol–water partition coefficient (Wildman–Crippen LogP) is 3.98. The van der Waals surface area contributed by atoms with Crippen molar-refractivity contribution in [3.8, 4) is 12.3 Å². The summed E-state index contributed by atoms with van der Waals surface area (Å²) in [5.74, 6) is 1.47. The van der Waals surface area contributed by atoms with Gasteiger partial charge in [0.15, 0.2) is 5.78 Å².